The van der Waals surface area contributed by atoms with Crippen molar-refractivity contribution in [3.8, 4) is 0 Å². The SMILES string of the molecule is CC1=C(C(c2ccccc2)c2ccccc2)CN(Cc2cccc(C)c2)CC1. The molecule has 0 amide bonds. The number of hydrogen-bond donors (Lipinski definition) is 0. The molecule has 0 fully saturated rings. The molecule has 0 radical (unpaired) electrons. The van der Waals surface area contributed by atoms with Crippen LogP contribution in [0.5, 0.6) is 0 Å². The van der Waals surface area contributed by atoms with Gasteiger partial charge in [-0.2, -0.15) is 0 Å². The molecule has 1 heterocycles. The summed E-state index contributed by atoms with van der Waals surface area (Å²) in [5.41, 5.74) is 8.65. The van der Waals surface area contributed by atoms with Crippen molar-refractivity contribution in [1.29, 1.82) is 0 Å². The molecule has 0 unspecified atom stereocenters. The van der Waals surface area contributed by atoms with Gasteiger partial charge in [-0.1, -0.05) is 96.1 Å². The molecular weight excluding hydrogens is 338 g/mol. The first-order chi connectivity index (χ1) is 13.7. The summed E-state index contributed by atoms with van der Waals surface area (Å²) in [6.07, 6.45) is 1.15. The van der Waals surface area contributed by atoms with E-state index in [2.05, 4.69) is 104 Å². The fourth-order valence-corrected chi connectivity index (χ4v) is 4.37. The van der Waals surface area contributed by atoms with Crippen LogP contribution in [0.25, 0.3) is 0 Å². The van der Waals surface area contributed by atoms with E-state index in [0.717, 1.165) is 26.1 Å². The average molecular weight is 368 g/mol. The number of nitrogens with zero attached hydrogens (tertiary/aromatic N) is 1. The van der Waals surface area contributed by atoms with Crippen LogP contribution in [0.3, 0.4) is 0 Å². The highest BCUT2D eigenvalue weighted by atomic mass is 15.1. The standard InChI is InChI=1S/C27H29N/c1-21-10-9-11-23(18-21)19-28-17-16-22(2)26(20-28)27(24-12-5-3-6-13-24)25-14-7-4-8-15-25/h3-15,18,27H,16-17,19-20H2,1-2H3. The summed E-state index contributed by atoms with van der Waals surface area (Å²) in [4.78, 5) is 2.61. The summed E-state index contributed by atoms with van der Waals surface area (Å²) in [5.74, 6) is 0.336. The molecule has 1 aliphatic rings. The van der Waals surface area contributed by atoms with Crippen LogP contribution >= 0.6 is 0 Å². The minimum Gasteiger partial charge on any atom is -0.295 e. The molecule has 0 N–H and O–H groups in total. The molecule has 0 aliphatic carbocycles. The highest BCUT2D eigenvalue weighted by Gasteiger charge is 2.25. The Labute approximate surface area is 169 Å². The van der Waals surface area contributed by atoms with E-state index in [0.29, 0.717) is 5.92 Å². The molecule has 1 aliphatic heterocycles. The third-order valence-corrected chi connectivity index (χ3v) is 5.85. The van der Waals surface area contributed by atoms with E-state index in [1.54, 1.807) is 11.1 Å². The largest absolute Gasteiger partial charge is 0.295 e. The molecule has 1 nitrogen and oxygen atoms in total. The van der Waals surface area contributed by atoms with Crippen molar-refractivity contribution >= 4 is 0 Å². The molecule has 0 bridgehead atoms. The second kappa shape index (κ2) is 8.58. The highest BCUT2D eigenvalue weighted by Crippen LogP contribution is 2.36. The van der Waals surface area contributed by atoms with Gasteiger partial charge in [-0.3, -0.25) is 4.90 Å². The van der Waals surface area contributed by atoms with Crippen molar-refractivity contribution in [3.05, 3.63) is 118 Å². The average Bonchev–Trinajstić information content (AvgIpc) is 2.72. The Kier molecular flexibility index (Phi) is 5.73. The summed E-state index contributed by atoms with van der Waals surface area (Å²) in [6.45, 7) is 7.71. The molecule has 0 saturated carbocycles. The molecule has 3 aromatic rings. The van der Waals surface area contributed by atoms with Crippen molar-refractivity contribution in [2.75, 3.05) is 13.1 Å². The highest BCUT2D eigenvalue weighted by molar-refractivity contribution is 5.43. The normalized spacial score (nSPS) is 15.2. The quantitative estimate of drug-likeness (QED) is 0.475. The zero-order valence-corrected chi connectivity index (χ0v) is 16.9. The van der Waals surface area contributed by atoms with Crippen molar-refractivity contribution in [3.63, 3.8) is 0 Å². The van der Waals surface area contributed by atoms with E-state index in [1.807, 2.05) is 0 Å². The van der Waals surface area contributed by atoms with Crippen molar-refractivity contribution < 1.29 is 0 Å². The molecule has 3 aromatic carbocycles. The van der Waals surface area contributed by atoms with Gasteiger partial charge in [0.1, 0.15) is 0 Å². The lowest BCUT2D eigenvalue weighted by atomic mass is 9.80. The predicted octanol–water partition coefficient (Wildman–Crippen LogP) is 6.35. The Morgan fingerprint density at radius 2 is 1.43 bits per heavy atom. The fourth-order valence-electron chi connectivity index (χ4n) is 4.37. The molecule has 28 heavy (non-hydrogen) atoms. The summed E-state index contributed by atoms with van der Waals surface area (Å²) >= 11 is 0. The Morgan fingerprint density at radius 3 is 2.04 bits per heavy atom. The Morgan fingerprint density at radius 1 is 0.786 bits per heavy atom. The lowest BCUT2D eigenvalue weighted by molar-refractivity contribution is 0.272. The van der Waals surface area contributed by atoms with E-state index >= 15 is 0 Å². The van der Waals surface area contributed by atoms with Crippen molar-refractivity contribution in [2.24, 2.45) is 0 Å². The van der Waals surface area contributed by atoms with Crippen LogP contribution in [-0.4, -0.2) is 18.0 Å². The molecular formula is C27H29N. The van der Waals surface area contributed by atoms with Gasteiger partial charge in [-0.25, -0.2) is 0 Å². The topological polar surface area (TPSA) is 3.24 Å². The van der Waals surface area contributed by atoms with E-state index in [1.165, 1.54) is 22.3 Å². The number of rotatable bonds is 5. The third kappa shape index (κ3) is 4.26. The Balaban J connectivity index is 1.65. The molecule has 0 saturated heterocycles. The van der Waals surface area contributed by atoms with Gasteiger partial charge in [0, 0.05) is 25.6 Å². The minimum absolute atomic E-state index is 0.336. The van der Waals surface area contributed by atoms with Gasteiger partial charge in [0.15, 0.2) is 0 Å². The molecule has 4 rings (SSSR count). The maximum Gasteiger partial charge on any atom is 0.0314 e. The van der Waals surface area contributed by atoms with Gasteiger partial charge in [0.2, 0.25) is 0 Å². The van der Waals surface area contributed by atoms with Crippen LogP contribution in [-0.2, 0) is 6.54 Å². The summed E-state index contributed by atoms with van der Waals surface area (Å²) in [7, 11) is 0. The molecule has 0 spiro atoms. The maximum absolute atomic E-state index is 2.61. The first-order valence-corrected chi connectivity index (χ1v) is 10.3. The molecule has 1 heteroatoms. The van der Waals surface area contributed by atoms with Gasteiger partial charge in [0.05, 0.1) is 0 Å². The summed E-state index contributed by atoms with van der Waals surface area (Å²) in [6, 6.07) is 30.9. The first kappa shape index (κ1) is 18.7. The molecule has 142 valence electrons. The van der Waals surface area contributed by atoms with Crippen molar-refractivity contribution in [2.45, 2.75) is 32.7 Å². The van der Waals surface area contributed by atoms with Crippen LogP contribution in [0.15, 0.2) is 96.1 Å². The minimum atomic E-state index is 0.336. The van der Waals surface area contributed by atoms with E-state index in [-0.39, 0.29) is 0 Å². The smallest absolute Gasteiger partial charge is 0.0314 e. The fraction of sp³-hybridized carbons (Fsp3) is 0.259. The van der Waals surface area contributed by atoms with E-state index in [9.17, 15) is 0 Å². The van der Waals surface area contributed by atoms with Gasteiger partial charge in [-0.05, 0) is 42.5 Å². The first-order valence-electron chi connectivity index (χ1n) is 10.3. The van der Waals surface area contributed by atoms with Crippen LogP contribution in [0.4, 0.5) is 0 Å². The van der Waals surface area contributed by atoms with Gasteiger partial charge < -0.3 is 0 Å². The summed E-state index contributed by atoms with van der Waals surface area (Å²) in [5, 5.41) is 0. The van der Waals surface area contributed by atoms with Crippen LogP contribution in [0.2, 0.25) is 0 Å². The van der Waals surface area contributed by atoms with Gasteiger partial charge >= 0.3 is 0 Å². The molecule has 0 atom stereocenters. The number of benzene rings is 3. The lowest BCUT2D eigenvalue weighted by Crippen LogP contribution is -2.33. The van der Waals surface area contributed by atoms with Gasteiger partial charge in [-0.15, -0.1) is 0 Å². The van der Waals surface area contributed by atoms with Crippen LogP contribution in [0, 0.1) is 6.92 Å². The van der Waals surface area contributed by atoms with E-state index < -0.39 is 0 Å². The zero-order chi connectivity index (χ0) is 19.3. The van der Waals surface area contributed by atoms with Crippen LogP contribution < -0.4 is 0 Å². The lowest BCUT2D eigenvalue weighted by Gasteiger charge is -2.34. The van der Waals surface area contributed by atoms with Crippen molar-refractivity contribution in [1.82, 2.24) is 4.90 Å². The number of aryl methyl sites for hydroxylation is 1. The van der Waals surface area contributed by atoms with Gasteiger partial charge in [0.25, 0.3) is 0 Å². The second-order valence-corrected chi connectivity index (χ2v) is 8.01. The Bertz CT molecular complexity index is 901. The zero-order valence-electron chi connectivity index (χ0n) is 16.9. The monoisotopic (exact) mass is 367 g/mol. The predicted molar refractivity (Wildman–Crippen MR) is 119 cm³/mol. The summed E-state index contributed by atoms with van der Waals surface area (Å²) < 4.78 is 0. The van der Waals surface area contributed by atoms with Crippen LogP contribution in [0.1, 0.15) is 41.5 Å². The van der Waals surface area contributed by atoms with E-state index in [4.69, 9.17) is 0 Å². The maximum atomic E-state index is 2.61. The number of hydrogen-bond acceptors (Lipinski definition) is 1. The Hall–Kier alpha value is -2.64. The third-order valence-electron chi connectivity index (χ3n) is 5.85. The molecule has 0 aromatic heterocycles. The second-order valence-electron chi connectivity index (χ2n) is 8.01.